The molecule has 1 rings (SSSR count). The van der Waals surface area contributed by atoms with Gasteiger partial charge in [0.15, 0.2) is 0 Å². The summed E-state index contributed by atoms with van der Waals surface area (Å²) in [7, 11) is 1.30. The van der Waals surface area contributed by atoms with E-state index in [9.17, 15) is 9.59 Å². The fourth-order valence-electron chi connectivity index (χ4n) is 1.23. The molecule has 0 aromatic carbocycles. The molecule has 17 heavy (non-hydrogen) atoms. The van der Waals surface area contributed by atoms with Crippen molar-refractivity contribution in [2.75, 3.05) is 12.9 Å². The monoisotopic (exact) mass is 257 g/mol. The largest absolute Gasteiger partial charge is 0.468 e. The normalized spacial score (nSPS) is 11.9. The number of amides is 1. The number of furan rings is 1. The van der Waals surface area contributed by atoms with E-state index in [4.69, 9.17) is 4.42 Å². The minimum Gasteiger partial charge on any atom is -0.468 e. The molecule has 1 aromatic heterocycles. The zero-order chi connectivity index (χ0) is 12.7. The van der Waals surface area contributed by atoms with E-state index in [1.165, 1.54) is 25.8 Å². The second-order valence-corrected chi connectivity index (χ2v) is 4.40. The lowest BCUT2D eigenvalue weighted by Crippen LogP contribution is -2.42. The Labute approximate surface area is 104 Å². The number of hydrogen-bond donors (Lipinski definition) is 1. The molecular weight excluding hydrogens is 242 g/mol. The van der Waals surface area contributed by atoms with Gasteiger partial charge in [-0.1, -0.05) is 0 Å². The zero-order valence-electron chi connectivity index (χ0n) is 9.76. The zero-order valence-corrected chi connectivity index (χ0v) is 10.6. The van der Waals surface area contributed by atoms with Gasteiger partial charge in [0.1, 0.15) is 11.8 Å². The summed E-state index contributed by atoms with van der Waals surface area (Å²) in [5.74, 6) is 1.25. The minimum atomic E-state index is -0.613. The smallest absolute Gasteiger partial charge is 0.329 e. The number of thioether (sulfide) groups is 1. The van der Waals surface area contributed by atoms with Gasteiger partial charge < -0.3 is 14.5 Å². The Morgan fingerprint density at radius 2 is 2.35 bits per heavy atom. The van der Waals surface area contributed by atoms with Gasteiger partial charge in [-0.05, 0) is 12.1 Å². The van der Waals surface area contributed by atoms with Gasteiger partial charge in [-0.15, -0.1) is 0 Å². The van der Waals surface area contributed by atoms with Crippen LogP contribution in [0.15, 0.2) is 22.8 Å². The highest BCUT2D eigenvalue weighted by Crippen LogP contribution is 2.13. The number of ether oxygens (including phenoxy) is 1. The van der Waals surface area contributed by atoms with Crippen LogP contribution in [0.1, 0.15) is 12.7 Å². The van der Waals surface area contributed by atoms with Crippen molar-refractivity contribution in [2.45, 2.75) is 18.7 Å². The Balaban J connectivity index is 2.38. The standard InChI is InChI=1S/C11H15NO4S/c1-8(13)12-10(11(14)15-2)7-17-6-9-4-3-5-16-9/h3-5,10H,6-7H2,1-2H3,(H,12,13). The van der Waals surface area contributed by atoms with Gasteiger partial charge in [0, 0.05) is 12.7 Å². The number of hydrogen-bond acceptors (Lipinski definition) is 5. The average molecular weight is 257 g/mol. The van der Waals surface area contributed by atoms with Crippen LogP contribution in [-0.2, 0) is 20.1 Å². The van der Waals surface area contributed by atoms with E-state index in [0.29, 0.717) is 11.5 Å². The van der Waals surface area contributed by atoms with Crippen LogP contribution in [0.4, 0.5) is 0 Å². The van der Waals surface area contributed by atoms with E-state index in [1.54, 1.807) is 6.26 Å². The van der Waals surface area contributed by atoms with Gasteiger partial charge in [-0.25, -0.2) is 4.79 Å². The van der Waals surface area contributed by atoms with E-state index < -0.39 is 12.0 Å². The first-order chi connectivity index (χ1) is 8.13. The van der Waals surface area contributed by atoms with Crippen LogP contribution in [0.5, 0.6) is 0 Å². The first-order valence-electron chi connectivity index (χ1n) is 5.08. The lowest BCUT2D eigenvalue weighted by Gasteiger charge is -2.14. The highest BCUT2D eigenvalue weighted by Gasteiger charge is 2.19. The van der Waals surface area contributed by atoms with E-state index in [2.05, 4.69) is 10.1 Å². The second-order valence-electron chi connectivity index (χ2n) is 3.37. The fourth-order valence-corrected chi connectivity index (χ4v) is 2.17. The summed E-state index contributed by atoms with van der Waals surface area (Å²) in [5, 5.41) is 2.55. The van der Waals surface area contributed by atoms with Crippen molar-refractivity contribution in [3.05, 3.63) is 24.2 Å². The van der Waals surface area contributed by atoms with E-state index in [1.807, 2.05) is 12.1 Å². The number of methoxy groups -OCH3 is 1. The van der Waals surface area contributed by atoms with Crippen molar-refractivity contribution >= 4 is 23.6 Å². The summed E-state index contributed by atoms with van der Waals surface area (Å²) in [6.45, 7) is 1.37. The second kappa shape index (κ2) is 7.01. The maximum atomic E-state index is 11.4. The van der Waals surface area contributed by atoms with Crippen LogP contribution in [-0.4, -0.2) is 30.8 Å². The van der Waals surface area contributed by atoms with Crippen LogP contribution in [0.25, 0.3) is 0 Å². The summed E-state index contributed by atoms with van der Waals surface area (Å²) < 4.78 is 9.77. The lowest BCUT2D eigenvalue weighted by atomic mass is 10.3. The molecule has 0 aliphatic rings. The summed E-state index contributed by atoms with van der Waals surface area (Å²) >= 11 is 1.50. The molecular formula is C11H15NO4S. The Morgan fingerprint density at radius 1 is 1.59 bits per heavy atom. The topological polar surface area (TPSA) is 68.5 Å². The van der Waals surface area contributed by atoms with Crippen LogP contribution >= 0.6 is 11.8 Å². The highest BCUT2D eigenvalue weighted by atomic mass is 32.2. The summed E-state index contributed by atoms with van der Waals surface area (Å²) in [5.41, 5.74) is 0. The molecule has 0 radical (unpaired) electrons. The molecule has 0 bridgehead atoms. The third-order valence-corrected chi connectivity index (χ3v) is 3.03. The van der Waals surface area contributed by atoms with Crippen molar-refractivity contribution in [1.29, 1.82) is 0 Å². The maximum absolute atomic E-state index is 11.4. The van der Waals surface area contributed by atoms with Gasteiger partial charge in [0.2, 0.25) is 5.91 Å². The van der Waals surface area contributed by atoms with Crippen molar-refractivity contribution in [2.24, 2.45) is 0 Å². The average Bonchev–Trinajstić information content (AvgIpc) is 2.79. The number of carbonyl (C=O) groups is 2. The summed E-state index contributed by atoms with van der Waals surface area (Å²) in [6, 6.07) is 3.05. The van der Waals surface area contributed by atoms with E-state index in [0.717, 1.165) is 5.76 Å². The molecule has 5 nitrogen and oxygen atoms in total. The first-order valence-corrected chi connectivity index (χ1v) is 6.24. The third-order valence-electron chi connectivity index (χ3n) is 1.97. The molecule has 6 heteroatoms. The van der Waals surface area contributed by atoms with Crippen LogP contribution in [0, 0.1) is 0 Å². The molecule has 1 N–H and O–H groups in total. The van der Waals surface area contributed by atoms with Gasteiger partial charge in [-0.2, -0.15) is 11.8 Å². The Bertz CT molecular complexity index is 364. The molecule has 1 amide bonds. The highest BCUT2D eigenvalue weighted by molar-refractivity contribution is 7.98. The summed E-state index contributed by atoms with van der Waals surface area (Å²) in [4.78, 5) is 22.3. The molecule has 0 fully saturated rings. The Morgan fingerprint density at radius 3 is 2.88 bits per heavy atom. The van der Waals surface area contributed by atoms with Crippen LogP contribution in [0.2, 0.25) is 0 Å². The molecule has 0 aliphatic heterocycles. The first kappa shape index (κ1) is 13.6. The van der Waals surface area contributed by atoms with Gasteiger partial charge >= 0.3 is 5.97 Å². The molecule has 1 unspecified atom stereocenters. The molecule has 1 aromatic rings. The van der Waals surface area contributed by atoms with Crippen LogP contribution in [0.3, 0.4) is 0 Å². The fraction of sp³-hybridized carbons (Fsp3) is 0.455. The molecule has 0 aliphatic carbocycles. The minimum absolute atomic E-state index is 0.251. The SMILES string of the molecule is COC(=O)C(CSCc1ccco1)NC(C)=O. The molecule has 1 atom stereocenters. The molecule has 0 saturated carbocycles. The van der Waals surface area contributed by atoms with E-state index >= 15 is 0 Å². The van der Waals surface area contributed by atoms with Crippen molar-refractivity contribution < 1.29 is 18.7 Å². The number of esters is 1. The molecule has 0 spiro atoms. The maximum Gasteiger partial charge on any atom is 0.329 e. The predicted octanol–water partition coefficient (Wildman–Crippen LogP) is 1.19. The Hall–Kier alpha value is -1.43. The van der Waals surface area contributed by atoms with Crippen molar-refractivity contribution in [1.82, 2.24) is 5.32 Å². The molecule has 0 saturated heterocycles. The lowest BCUT2D eigenvalue weighted by molar-refractivity contribution is -0.144. The van der Waals surface area contributed by atoms with Gasteiger partial charge in [0.25, 0.3) is 0 Å². The molecule has 94 valence electrons. The Kier molecular flexibility index (Phi) is 5.62. The predicted molar refractivity (Wildman–Crippen MR) is 64.5 cm³/mol. The van der Waals surface area contributed by atoms with Gasteiger partial charge in [0.05, 0.1) is 19.1 Å². The quantitative estimate of drug-likeness (QED) is 0.775. The van der Waals surface area contributed by atoms with Crippen LogP contribution < -0.4 is 5.32 Å². The number of nitrogens with one attached hydrogen (secondary N) is 1. The summed E-state index contributed by atoms with van der Waals surface area (Å²) in [6.07, 6.45) is 1.60. The molecule has 1 heterocycles. The third kappa shape index (κ3) is 4.95. The van der Waals surface area contributed by atoms with E-state index in [-0.39, 0.29) is 5.91 Å². The number of rotatable bonds is 6. The number of carbonyl (C=O) groups excluding carboxylic acids is 2. The van der Waals surface area contributed by atoms with Crippen molar-refractivity contribution in [3.8, 4) is 0 Å². The van der Waals surface area contributed by atoms with Crippen molar-refractivity contribution in [3.63, 3.8) is 0 Å². The van der Waals surface area contributed by atoms with Gasteiger partial charge in [-0.3, -0.25) is 4.79 Å².